The number of hydrogen-bond acceptors (Lipinski definition) is 7. The molecule has 7 heteroatoms. The summed E-state index contributed by atoms with van der Waals surface area (Å²) in [4.78, 5) is 21.7. The predicted molar refractivity (Wildman–Crippen MR) is 53.7 cm³/mol. The first-order valence-electron chi connectivity index (χ1n) is 5.19. The van der Waals surface area contributed by atoms with E-state index >= 15 is 0 Å². The SMILES string of the molecule is CC(=O)O[C@H]1[C@@H](O)[C@H](OC(C)=O)[C@@H](O)O[C@H]1C. The molecule has 5 atom stereocenters. The largest absolute Gasteiger partial charge is 0.457 e. The molecule has 0 aromatic carbocycles. The Hall–Kier alpha value is -1.18. The van der Waals surface area contributed by atoms with Crippen molar-refractivity contribution in [1.29, 1.82) is 0 Å². The van der Waals surface area contributed by atoms with E-state index in [0.29, 0.717) is 0 Å². The van der Waals surface area contributed by atoms with Gasteiger partial charge in [0.25, 0.3) is 0 Å². The highest BCUT2D eigenvalue weighted by Crippen LogP contribution is 2.24. The second-order valence-electron chi connectivity index (χ2n) is 3.87. The van der Waals surface area contributed by atoms with E-state index in [1.807, 2.05) is 0 Å². The van der Waals surface area contributed by atoms with E-state index in [2.05, 4.69) is 0 Å². The fourth-order valence-corrected chi connectivity index (χ4v) is 1.68. The predicted octanol–water partition coefficient (Wildman–Crippen LogP) is -1.05. The molecule has 0 aromatic heterocycles. The summed E-state index contributed by atoms with van der Waals surface area (Å²) in [6.07, 6.45) is -5.73. The van der Waals surface area contributed by atoms with E-state index < -0.39 is 42.6 Å². The molecule has 7 nitrogen and oxygen atoms in total. The van der Waals surface area contributed by atoms with Gasteiger partial charge in [0.1, 0.15) is 6.10 Å². The Bertz CT molecular complexity index is 275. The molecule has 1 saturated heterocycles. The summed E-state index contributed by atoms with van der Waals surface area (Å²) in [6.45, 7) is 3.85. The molecule has 1 rings (SSSR count). The van der Waals surface area contributed by atoms with Gasteiger partial charge in [-0.2, -0.15) is 0 Å². The van der Waals surface area contributed by atoms with E-state index in [9.17, 15) is 19.8 Å². The van der Waals surface area contributed by atoms with Gasteiger partial charge in [-0.15, -0.1) is 0 Å². The van der Waals surface area contributed by atoms with E-state index in [1.54, 1.807) is 0 Å². The third-order valence-corrected chi connectivity index (χ3v) is 2.38. The Labute approximate surface area is 98.3 Å². The molecule has 0 aromatic rings. The molecular formula is C10H16O7. The lowest BCUT2D eigenvalue weighted by Crippen LogP contribution is -2.59. The molecule has 1 aliphatic rings. The Morgan fingerprint density at radius 1 is 1.06 bits per heavy atom. The second kappa shape index (κ2) is 5.44. The maximum absolute atomic E-state index is 10.9. The summed E-state index contributed by atoms with van der Waals surface area (Å²) < 4.78 is 14.6. The van der Waals surface area contributed by atoms with Gasteiger partial charge < -0.3 is 24.4 Å². The van der Waals surface area contributed by atoms with Gasteiger partial charge in [0.05, 0.1) is 6.10 Å². The fraction of sp³-hybridized carbons (Fsp3) is 0.800. The molecule has 1 aliphatic heterocycles. The number of hydrogen-bond donors (Lipinski definition) is 2. The highest BCUT2D eigenvalue weighted by Gasteiger charge is 2.46. The van der Waals surface area contributed by atoms with Gasteiger partial charge in [-0.05, 0) is 6.92 Å². The van der Waals surface area contributed by atoms with Gasteiger partial charge in [-0.3, -0.25) is 9.59 Å². The maximum atomic E-state index is 10.9. The van der Waals surface area contributed by atoms with Crippen molar-refractivity contribution < 1.29 is 34.0 Å². The summed E-state index contributed by atoms with van der Waals surface area (Å²) in [5, 5.41) is 19.4. The molecule has 0 unspecified atom stereocenters. The van der Waals surface area contributed by atoms with Crippen LogP contribution in [-0.2, 0) is 23.8 Å². The molecule has 0 aliphatic carbocycles. The van der Waals surface area contributed by atoms with Crippen molar-refractivity contribution in [2.24, 2.45) is 0 Å². The minimum Gasteiger partial charge on any atom is -0.457 e. The molecule has 1 heterocycles. The van der Waals surface area contributed by atoms with Crippen LogP contribution >= 0.6 is 0 Å². The smallest absolute Gasteiger partial charge is 0.303 e. The van der Waals surface area contributed by atoms with Gasteiger partial charge in [-0.1, -0.05) is 0 Å². The normalized spacial score (nSPS) is 37.4. The minimum atomic E-state index is -1.45. The zero-order valence-corrected chi connectivity index (χ0v) is 9.82. The number of esters is 2. The number of carbonyl (C=O) groups excluding carboxylic acids is 2. The third-order valence-electron chi connectivity index (χ3n) is 2.38. The van der Waals surface area contributed by atoms with Crippen LogP contribution in [0.15, 0.2) is 0 Å². The van der Waals surface area contributed by atoms with Gasteiger partial charge in [0.2, 0.25) is 0 Å². The van der Waals surface area contributed by atoms with Crippen molar-refractivity contribution in [1.82, 2.24) is 0 Å². The van der Waals surface area contributed by atoms with E-state index in [-0.39, 0.29) is 0 Å². The van der Waals surface area contributed by atoms with E-state index in [1.165, 1.54) is 13.8 Å². The van der Waals surface area contributed by atoms with Crippen LogP contribution in [0.3, 0.4) is 0 Å². The van der Waals surface area contributed by atoms with Crippen LogP contribution in [-0.4, -0.2) is 52.9 Å². The number of ether oxygens (including phenoxy) is 3. The number of aliphatic hydroxyl groups is 2. The first-order valence-corrected chi connectivity index (χ1v) is 5.19. The maximum Gasteiger partial charge on any atom is 0.303 e. The molecule has 0 bridgehead atoms. The first kappa shape index (κ1) is 13.9. The van der Waals surface area contributed by atoms with Crippen molar-refractivity contribution >= 4 is 11.9 Å². The standard InChI is InChI=1S/C10H16O7/c1-4-8(16-5(2)11)7(13)9(10(14)15-4)17-6(3)12/h4,7-10,13-14H,1-3H3/t4-,7+,8+,9-,10-/m0/s1. The Morgan fingerprint density at radius 2 is 1.53 bits per heavy atom. The Balaban J connectivity index is 2.78. The van der Waals surface area contributed by atoms with Crippen molar-refractivity contribution in [2.75, 3.05) is 0 Å². The van der Waals surface area contributed by atoms with Crippen LogP contribution in [0.2, 0.25) is 0 Å². The first-order chi connectivity index (χ1) is 7.82. The second-order valence-corrected chi connectivity index (χ2v) is 3.87. The zero-order valence-electron chi connectivity index (χ0n) is 9.82. The van der Waals surface area contributed by atoms with Gasteiger partial charge in [0.15, 0.2) is 18.5 Å². The lowest BCUT2D eigenvalue weighted by atomic mass is 9.99. The van der Waals surface area contributed by atoms with Crippen molar-refractivity contribution in [3.05, 3.63) is 0 Å². The quantitative estimate of drug-likeness (QED) is 0.601. The lowest BCUT2D eigenvalue weighted by molar-refractivity contribution is -0.285. The molecule has 0 spiro atoms. The Morgan fingerprint density at radius 3 is 2.00 bits per heavy atom. The average Bonchev–Trinajstić information content (AvgIpc) is 2.18. The highest BCUT2D eigenvalue weighted by molar-refractivity contribution is 5.67. The molecule has 2 N–H and O–H groups in total. The number of aliphatic hydroxyl groups excluding tert-OH is 2. The average molecular weight is 248 g/mol. The summed E-state index contributed by atoms with van der Waals surface area (Å²) in [6, 6.07) is 0. The minimum absolute atomic E-state index is 0.595. The van der Waals surface area contributed by atoms with Crippen molar-refractivity contribution in [3.63, 3.8) is 0 Å². The molecule has 98 valence electrons. The van der Waals surface area contributed by atoms with Gasteiger partial charge in [-0.25, -0.2) is 0 Å². The number of rotatable bonds is 2. The molecule has 0 radical (unpaired) electrons. The Kier molecular flexibility index (Phi) is 4.44. The van der Waals surface area contributed by atoms with E-state index in [4.69, 9.17) is 14.2 Å². The highest BCUT2D eigenvalue weighted by atomic mass is 16.7. The summed E-state index contributed by atoms with van der Waals surface area (Å²) in [7, 11) is 0. The zero-order chi connectivity index (χ0) is 13.2. The van der Waals surface area contributed by atoms with Crippen molar-refractivity contribution in [2.45, 2.75) is 51.5 Å². The lowest BCUT2D eigenvalue weighted by Gasteiger charge is -2.40. The summed E-state index contributed by atoms with van der Waals surface area (Å²) >= 11 is 0. The van der Waals surface area contributed by atoms with Crippen LogP contribution in [0.1, 0.15) is 20.8 Å². The summed E-state index contributed by atoms with van der Waals surface area (Å²) in [5.74, 6) is -1.27. The molecule has 0 amide bonds. The van der Waals surface area contributed by atoms with E-state index in [0.717, 1.165) is 6.92 Å². The molecule has 1 fully saturated rings. The van der Waals surface area contributed by atoms with Crippen LogP contribution in [0.5, 0.6) is 0 Å². The van der Waals surface area contributed by atoms with Gasteiger partial charge in [0, 0.05) is 13.8 Å². The van der Waals surface area contributed by atoms with Crippen LogP contribution in [0.4, 0.5) is 0 Å². The van der Waals surface area contributed by atoms with Crippen LogP contribution < -0.4 is 0 Å². The fourth-order valence-electron chi connectivity index (χ4n) is 1.68. The topological polar surface area (TPSA) is 102 Å². The molecule has 0 saturated carbocycles. The van der Waals surface area contributed by atoms with Crippen molar-refractivity contribution in [3.8, 4) is 0 Å². The number of carbonyl (C=O) groups is 2. The molecule has 17 heavy (non-hydrogen) atoms. The van der Waals surface area contributed by atoms with Crippen LogP contribution in [0.25, 0.3) is 0 Å². The monoisotopic (exact) mass is 248 g/mol. The van der Waals surface area contributed by atoms with Crippen LogP contribution in [0, 0.1) is 0 Å². The molecular weight excluding hydrogens is 232 g/mol. The van der Waals surface area contributed by atoms with Gasteiger partial charge >= 0.3 is 11.9 Å². The third kappa shape index (κ3) is 3.39. The summed E-state index contributed by atoms with van der Waals surface area (Å²) in [5.41, 5.74) is 0.